The molecule has 1 fully saturated rings. The van der Waals surface area contributed by atoms with Gasteiger partial charge in [0.15, 0.2) is 18.5 Å². The van der Waals surface area contributed by atoms with Gasteiger partial charge in [-0.2, -0.15) is 0 Å². The molecule has 0 bridgehead atoms. The van der Waals surface area contributed by atoms with E-state index in [4.69, 9.17) is 33.9 Å². The van der Waals surface area contributed by atoms with Crippen LogP contribution in [-0.4, -0.2) is 67.5 Å². The quantitative estimate of drug-likeness (QED) is 0.314. The molecule has 0 saturated carbocycles. The van der Waals surface area contributed by atoms with Gasteiger partial charge >= 0.3 is 23.9 Å². The van der Waals surface area contributed by atoms with E-state index in [-0.39, 0.29) is 11.3 Å². The van der Waals surface area contributed by atoms with E-state index in [0.29, 0.717) is 6.29 Å². The molecule has 174 valence electrons. The number of carbonyl (C=O) groups excluding carboxylic acids is 5. The second-order valence-electron chi connectivity index (χ2n) is 6.36. The lowest BCUT2D eigenvalue weighted by Crippen LogP contribution is -2.63. The number of carbonyl (C=O) groups is 5. The number of aldehydes is 1. The van der Waals surface area contributed by atoms with Gasteiger partial charge in [0.05, 0.1) is 5.56 Å². The highest BCUT2D eigenvalue weighted by Gasteiger charge is 2.53. The molecule has 11 nitrogen and oxygen atoms in total. The van der Waals surface area contributed by atoms with Crippen molar-refractivity contribution < 1.29 is 57.9 Å². The van der Waals surface area contributed by atoms with Crippen molar-refractivity contribution in [2.45, 2.75) is 58.3 Å². The van der Waals surface area contributed by atoms with E-state index in [1.807, 2.05) is 0 Å². The van der Waals surface area contributed by atoms with E-state index in [2.05, 4.69) is 0 Å². The Kier molecular flexibility index (Phi) is 6.75. The maximum atomic E-state index is 12.1. The van der Waals surface area contributed by atoms with Crippen molar-refractivity contribution >= 4 is 30.2 Å². The molecule has 1 unspecified atom stereocenters. The molecule has 1 aromatic carbocycles. The molecule has 1 aliphatic rings. The minimum atomic E-state index is -1.68. The Bertz CT molecular complexity index is 944. The summed E-state index contributed by atoms with van der Waals surface area (Å²) >= 11 is 0. The highest BCUT2D eigenvalue weighted by atomic mass is 16.7. The van der Waals surface area contributed by atoms with E-state index >= 15 is 0 Å². The summed E-state index contributed by atoms with van der Waals surface area (Å²) in [6, 6.07) is 5.89. The average molecular weight is 456 g/mol. The third kappa shape index (κ3) is 6.77. The molecule has 0 N–H and O–H groups in total. The Labute approximate surface area is 189 Å². The number of hydrogen-bond acceptors (Lipinski definition) is 11. The Morgan fingerprint density at radius 1 is 0.906 bits per heavy atom. The Hall–Kier alpha value is -3.47. The minimum Gasteiger partial charge on any atom is -0.463 e. The van der Waals surface area contributed by atoms with Gasteiger partial charge in [-0.05, 0) is 12.1 Å². The van der Waals surface area contributed by atoms with Crippen LogP contribution in [0.25, 0.3) is 0 Å². The van der Waals surface area contributed by atoms with Crippen LogP contribution in [0.5, 0.6) is 5.75 Å². The largest absolute Gasteiger partial charge is 0.463 e. The molecule has 11 heteroatoms. The zero-order valence-corrected chi connectivity index (χ0v) is 16.8. The smallest absolute Gasteiger partial charge is 0.303 e. The molecule has 1 aliphatic heterocycles. The maximum absolute atomic E-state index is 12.1. The molecule has 0 spiro atoms. The zero-order chi connectivity index (χ0) is 26.7. The molecule has 5 atom stereocenters. The number of hydrogen-bond donors (Lipinski definition) is 0. The van der Waals surface area contributed by atoms with Crippen LogP contribution in [-0.2, 0) is 42.9 Å². The summed E-state index contributed by atoms with van der Waals surface area (Å²) in [5.41, 5.74) is 0.0753. The Morgan fingerprint density at radius 2 is 1.50 bits per heavy atom. The van der Waals surface area contributed by atoms with E-state index in [1.165, 1.54) is 18.2 Å². The summed E-state index contributed by atoms with van der Waals surface area (Å²) in [4.78, 5) is 59.1. The normalized spacial score (nSPS) is 26.2. The van der Waals surface area contributed by atoms with Crippen LogP contribution in [0.3, 0.4) is 0 Å². The molecule has 0 radical (unpaired) electrons. The SMILES string of the molecule is [2H]CC(=O)OC[C@H]1OC(Oc2ccccc2C=O)[C@H](OC(=O)C[2H])[C@@H](OC(=O)C[2H])[C@H]1OC(=O)C[2H]. The number of ether oxygens (including phenoxy) is 6. The summed E-state index contributed by atoms with van der Waals surface area (Å²) in [7, 11) is 0. The number of esters is 4. The molecule has 1 heterocycles. The summed E-state index contributed by atoms with van der Waals surface area (Å²) in [6.07, 6.45) is -7.55. The van der Waals surface area contributed by atoms with Crippen LogP contribution in [0.15, 0.2) is 24.3 Å². The summed E-state index contributed by atoms with van der Waals surface area (Å²) in [6.45, 7) is -3.93. The topological polar surface area (TPSA) is 141 Å². The van der Waals surface area contributed by atoms with Crippen LogP contribution < -0.4 is 4.74 Å². The lowest BCUT2D eigenvalue weighted by molar-refractivity contribution is -0.288. The second-order valence-corrected chi connectivity index (χ2v) is 6.36. The van der Waals surface area contributed by atoms with Crippen molar-refractivity contribution in [2.24, 2.45) is 0 Å². The van der Waals surface area contributed by atoms with Crippen LogP contribution in [0.1, 0.15) is 43.4 Å². The first-order valence-electron chi connectivity index (χ1n) is 11.9. The predicted molar refractivity (Wildman–Crippen MR) is 104 cm³/mol. The van der Waals surface area contributed by atoms with Gasteiger partial charge in [0, 0.05) is 33.1 Å². The monoisotopic (exact) mass is 456 g/mol. The maximum Gasteiger partial charge on any atom is 0.303 e. The first kappa shape index (κ1) is 19.2. The van der Waals surface area contributed by atoms with Gasteiger partial charge in [-0.1, -0.05) is 12.1 Å². The molecule has 32 heavy (non-hydrogen) atoms. The number of benzene rings is 1. The van der Waals surface area contributed by atoms with E-state index in [9.17, 15) is 24.0 Å². The van der Waals surface area contributed by atoms with Crippen molar-refractivity contribution in [1.82, 2.24) is 0 Å². The van der Waals surface area contributed by atoms with Crippen molar-refractivity contribution in [3.05, 3.63) is 29.8 Å². The van der Waals surface area contributed by atoms with E-state index < -0.39 is 88.8 Å². The van der Waals surface area contributed by atoms with Crippen LogP contribution in [0.2, 0.25) is 0 Å². The molecular weight excluding hydrogens is 428 g/mol. The molecule has 0 aliphatic carbocycles. The molecule has 1 saturated heterocycles. The summed E-state index contributed by atoms with van der Waals surface area (Å²) < 4.78 is 60.9. The third-order valence-electron chi connectivity index (χ3n) is 4.09. The van der Waals surface area contributed by atoms with Crippen LogP contribution in [0, 0.1) is 0 Å². The summed E-state index contributed by atoms with van der Waals surface area (Å²) in [5, 5.41) is 0. The Morgan fingerprint density at radius 3 is 2.12 bits per heavy atom. The first-order chi connectivity index (χ1) is 17.3. The van der Waals surface area contributed by atoms with E-state index in [1.54, 1.807) is 6.07 Å². The fourth-order valence-corrected chi connectivity index (χ4v) is 2.95. The van der Waals surface area contributed by atoms with Gasteiger partial charge in [0.1, 0.15) is 18.5 Å². The highest BCUT2D eigenvalue weighted by molar-refractivity contribution is 5.79. The van der Waals surface area contributed by atoms with Gasteiger partial charge < -0.3 is 28.4 Å². The number of rotatable bonds is 8. The fourth-order valence-electron chi connectivity index (χ4n) is 2.95. The van der Waals surface area contributed by atoms with Gasteiger partial charge in [-0.25, -0.2) is 0 Å². The molecule has 1 aromatic rings. The second kappa shape index (κ2) is 11.2. The zero-order valence-electron chi connectivity index (χ0n) is 20.8. The molecule has 2 rings (SSSR count). The minimum absolute atomic E-state index is 0.0292. The lowest BCUT2D eigenvalue weighted by Gasteiger charge is -2.44. The van der Waals surface area contributed by atoms with Crippen molar-refractivity contribution in [2.75, 3.05) is 6.61 Å². The van der Waals surface area contributed by atoms with Gasteiger partial charge in [0.25, 0.3) is 0 Å². The van der Waals surface area contributed by atoms with Crippen molar-refractivity contribution in [1.29, 1.82) is 0 Å². The van der Waals surface area contributed by atoms with Gasteiger partial charge in [-0.15, -0.1) is 0 Å². The third-order valence-corrected chi connectivity index (χ3v) is 4.09. The lowest BCUT2D eigenvalue weighted by atomic mass is 9.98. The van der Waals surface area contributed by atoms with E-state index in [0.717, 1.165) is 0 Å². The van der Waals surface area contributed by atoms with Gasteiger partial charge in [-0.3, -0.25) is 24.0 Å². The average Bonchev–Trinajstić information content (AvgIpc) is 2.90. The molecule has 0 aromatic heterocycles. The first-order valence-corrected chi connectivity index (χ1v) is 9.05. The summed E-state index contributed by atoms with van der Waals surface area (Å²) in [5.74, 6) is -4.30. The van der Waals surface area contributed by atoms with Crippen LogP contribution in [0.4, 0.5) is 0 Å². The van der Waals surface area contributed by atoms with Crippen LogP contribution >= 0.6 is 0 Å². The standard InChI is InChI=1S/C21H24O11/c1-11(23)27-10-17-18(28-12(2)24)19(29-13(3)25)20(30-14(4)26)21(32-17)31-16-8-6-5-7-15(16)9-22/h5-9,17-21H,10H2,1-4H3/t17-,18+,19+,20-,21?/m1/s1/i1D,2D,3D,4D. The predicted octanol–water partition coefficient (Wildman–Crippen LogP) is 0.961. The molecular formula is C21H24O11. The van der Waals surface area contributed by atoms with Crippen molar-refractivity contribution in [3.8, 4) is 5.75 Å². The van der Waals surface area contributed by atoms with Gasteiger partial charge in [0.2, 0.25) is 12.4 Å². The highest BCUT2D eigenvalue weighted by Crippen LogP contribution is 2.31. The fraction of sp³-hybridized carbons (Fsp3) is 0.476. The molecule has 0 amide bonds. The Balaban J connectivity index is 2.54. The number of para-hydroxylation sites is 1. The van der Waals surface area contributed by atoms with Crippen molar-refractivity contribution in [3.63, 3.8) is 0 Å².